The summed E-state index contributed by atoms with van der Waals surface area (Å²) in [5, 5.41) is 0. The third-order valence-corrected chi connectivity index (χ3v) is 4.42. The van der Waals surface area contributed by atoms with Gasteiger partial charge in [-0.15, -0.1) is 0 Å². The molecule has 1 aliphatic rings. The van der Waals surface area contributed by atoms with E-state index in [1.165, 1.54) is 0 Å². The second-order valence-electron chi connectivity index (χ2n) is 6.02. The number of aromatic amines is 1. The number of carbonyl (C=O) groups is 1. The van der Waals surface area contributed by atoms with Crippen LogP contribution in [-0.2, 0) is 7.05 Å². The van der Waals surface area contributed by atoms with E-state index in [-0.39, 0.29) is 17.6 Å². The number of carbonyl (C=O) groups excluding carboxylic acids is 1. The van der Waals surface area contributed by atoms with Crippen molar-refractivity contribution in [3.63, 3.8) is 0 Å². The Balaban J connectivity index is 1.64. The zero-order valence-electron chi connectivity index (χ0n) is 13.3. The molecule has 1 aliphatic heterocycles. The maximum absolute atomic E-state index is 12.8. The van der Waals surface area contributed by atoms with E-state index >= 15 is 0 Å². The number of aromatic nitrogens is 6. The zero-order chi connectivity index (χ0) is 16.7. The standard InChI is InChI=1S/C15H18N8O/c1-22-6-4-17-14(22)11(24)9-3-2-5-23(7-9)13-10-12(19-8-18-10)20-15(16)21-13/h4,6,8-9H,2-3,5,7H2,1H3,(H3,16,18,19,20,21). The van der Waals surface area contributed by atoms with Gasteiger partial charge in [0.05, 0.1) is 6.33 Å². The highest BCUT2D eigenvalue weighted by Crippen LogP contribution is 2.28. The molecule has 9 nitrogen and oxygen atoms in total. The average Bonchev–Trinajstić information content (AvgIpc) is 3.22. The number of aryl methyl sites for hydroxylation is 1. The predicted octanol–water partition coefficient (Wildman–Crippen LogP) is 0.768. The summed E-state index contributed by atoms with van der Waals surface area (Å²) in [5.74, 6) is 1.33. The lowest BCUT2D eigenvalue weighted by Crippen LogP contribution is -2.40. The fraction of sp³-hybridized carbons (Fsp3) is 0.400. The number of H-pyrrole nitrogens is 1. The lowest BCUT2D eigenvalue weighted by Gasteiger charge is -2.32. The van der Waals surface area contributed by atoms with Gasteiger partial charge in [0.15, 0.2) is 17.3 Å². The summed E-state index contributed by atoms with van der Waals surface area (Å²) in [7, 11) is 1.83. The van der Waals surface area contributed by atoms with E-state index in [9.17, 15) is 4.79 Å². The predicted molar refractivity (Wildman–Crippen MR) is 88.6 cm³/mol. The van der Waals surface area contributed by atoms with Crippen LogP contribution in [0.4, 0.5) is 11.8 Å². The van der Waals surface area contributed by atoms with Crippen molar-refractivity contribution < 1.29 is 4.79 Å². The number of nitrogens with zero attached hydrogens (tertiary/aromatic N) is 6. The number of ketones is 1. The third-order valence-electron chi connectivity index (χ3n) is 4.42. The van der Waals surface area contributed by atoms with E-state index < -0.39 is 0 Å². The normalized spacial score (nSPS) is 18.2. The molecule has 0 saturated carbocycles. The number of nitrogens with one attached hydrogen (secondary N) is 1. The van der Waals surface area contributed by atoms with Crippen molar-refractivity contribution in [1.82, 2.24) is 29.5 Å². The molecular formula is C15H18N8O. The van der Waals surface area contributed by atoms with Crippen LogP contribution >= 0.6 is 0 Å². The number of hydrogen-bond donors (Lipinski definition) is 2. The average molecular weight is 326 g/mol. The fourth-order valence-corrected chi connectivity index (χ4v) is 3.23. The number of Topliss-reactive ketones (excluding diaryl/α,β-unsaturated/α-hetero) is 1. The van der Waals surface area contributed by atoms with Crippen molar-refractivity contribution in [3.8, 4) is 0 Å². The summed E-state index contributed by atoms with van der Waals surface area (Å²) >= 11 is 0. The quantitative estimate of drug-likeness (QED) is 0.682. The monoisotopic (exact) mass is 326 g/mol. The van der Waals surface area contributed by atoms with Crippen molar-refractivity contribution in [1.29, 1.82) is 0 Å². The van der Waals surface area contributed by atoms with E-state index in [1.807, 2.05) is 7.05 Å². The first-order valence-electron chi connectivity index (χ1n) is 7.86. The smallest absolute Gasteiger partial charge is 0.224 e. The molecule has 0 spiro atoms. The molecule has 4 rings (SSSR count). The summed E-state index contributed by atoms with van der Waals surface area (Å²) in [6.45, 7) is 1.39. The lowest BCUT2D eigenvalue weighted by atomic mass is 9.93. The summed E-state index contributed by atoms with van der Waals surface area (Å²) < 4.78 is 1.76. The first-order valence-corrected chi connectivity index (χ1v) is 7.86. The highest BCUT2D eigenvalue weighted by molar-refractivity contribution is 5.95. The van der Waals surface area contributed by atoms with Crippen molar-refractivity contribution in [2.75, 3.05) is 23.7 Å². The van der Waals surface area contributed by atoms with Crippen LogP contribution in [0.3, 0.4) is 0 Å². The second kappa shape index (κ2) is 5.59. The Labute approximate surface area is 137 Å². The van der Waals surface area contributed by atoms with Gasteiger partial charge in [0.25, 0.3) is 0 Å². The zero-order valence-corrected chi connectivity index (χ0v) is 13.3. The van der Waals surface area contributed by atoms with Crippen LogP contribution in [0.1, 0.15) is 23.5 Å². The number of imidazole rings is 2. The molecule has 0 radical (unpaired) electrons. The number of rotatable bonds is 3. The lowest BCUT2D eigenvalue weighted by molar-refractivity contribution is 0.0893. The van der Waals surface area contributed by atoms with Gasteiger partial charge in [0.1, 0.15) is 5.52 Å². The van der Waals surface area contributed by atoms with Gasteiger partial charge in [0.2, 0.25) is 11.7 Å². The minimum atomic E-state index is -0.117. The van der Waals surface area contributed by atoms with Crippen LogP contribution in [0.15, 0.2) is 18.7 Å². The molecule has 3 aromatic rings. The van der Waals surface area contributed by atoms with Crippen molar-refractivity contribution in [2.24, 2.45) is 13.0 Å². The van der Waals surface area contributed by atoms with Gasteiger partial charge in [-0.25, -0.2) is 9.97 Å². The maximum atomic E-state index is 12.8. The molecule has 0 bridgehead atoms. The third kappa shape index (κ3) is 2.38. The Hall–Kier alpha value is -2.97. The molecule has 1 atom stereocenters. The molecule has 1 unspecified atom stereocenters. The topological polar surface area (TPSA) is 119 Å². The van der Waals surface area contributed by atoms with Crippen LogP contribution in [0.5, 0.6) is 0 Å². The van der Waals surface area contributed by atoms with Crippen LogP contribution in [0.2, 0.25) is 0 Å². The number of anilines is 2. The Morgan fingerprint density at radius 2 is 2.25 bits per heavy atom. The Kier molecular flexibility index (Phi) is 3.40. The van der Waals surface area contributed by atoms with Gasteiger partial charge in [-0.05, 0) is 12.8 Å². The summed E-state index contributed by atoms with van der Waals surface area (Å²) in [4.78, 5) is 34.7. The van der Waals surface area contributed by atoms with E-state index in [4.69, 9.17) is 5.73 Å². The molecule has 1 saturated heterocycles. The minimum Gasteiger partial charge on any atom is -0.368 e. The molecule has 0 amide bonds. The Morgan fingerprint density at radius 3 is 3.04 bits per heavy atom. The molecule has 3 aromatic heterocycles. The van der Waals surface area contributed by atoms with E-state index in [0.29, 0.717) is 23.8 Å². The molecule has 124 valence electrons. The van der Waals surface area contributed by atoms with Gasteiger partial charge in [-0.2, -0.15) is 9.97 Å². The van der Waals surface area contributed by atoms with Crippen LogP contribution < -0.4 is 10.6 Å². The summed E-state index contributed by atoms with van der Waals surface area (Å²) in [6.07, 6.45) is 6.75. The van der Waals surface area contributed by atoms with Gasteiger partial charge in [-0.1, -0.05) is 0 Å². The van der Waals surface area contributed by atoms with Crippen molar-refractivity contribution >= 4 is 28.7 Å². The van der Waals surface area contributed by atoms with Crippen molar-refractivity contribution in [2.45, 2.75) is 12.8 Å². The molecule has 4 heterocycles. The Bertz CT molecular complexity index is 898. The molecule has 3 N–H and O–H groups in total. The SMILES string of the molecule is Cn1ccnc1C(=O)C1CCCN(c2nc(N)nc3nc[nH]c23)C1. The van der Waals surface area contributed by atoms with Crippen LogP contribution in [0, 0.1) is 5.92 Å². The van der Waals surface area contributed by atoms with Gasteiger partial charge < -0.3 is 20.2 Å². The number of hydrogen-bond acceptors (Lipinski definition) is 7. The molecular weight excluding hydrogens is 308 g/mol. The summed E-state index contributed by atoms with van der Waals surface area (Å²) in [6, 6.07) is 0. The number of nitrogen functional groups attached to an aromatic ring is 1. The van der Waals surface area contributed by atoms with E-state index in [1.54, 1.807) is 23.3 Å². The second-order valence-corrected chi connectivity index (χ2v) is 6.02. The minimum absolute atomic E-state index is 0.0649. The van der Waals surface area contributed by atoms with E-state index in [0.717, 1.165) is 24.9 Å². The van der Waals surface area contributed by atoms with Crippen molar-refractivity contribution in [3.05, 3.63) is 24.5 Å². The molecule has 0 aromatic carbocycles. The maximum Gasteiger partial charge on any atom is 0.224 e. The van der Waals surface area contributed by atoms with E-state index in [2.05, 4.69) is 29.8 Å². The number of fused-ring (bicyclic) bond motifs is 1. The largest absolute Gasteiger partial charge is 0.368 e. The van der Waals surface area contributed by atoms with Gasteiger partial charge in [0, 0.05) is 38.4 Å². The first kappa shape index (κ1) is 14.6. The first-order chi connectivity index (χ1) is 11.6. The van der Waals surface area contributed by atoms with Gasteiger partial charge in [-0.3, -0.25) is 4.79 Å². The highest BCUT2D eigenvalue weighted by Gasteiger charge is 2.30. The van der Waals surface area contributed by atoms with Crippen LogP contribution in [-0.4, -0.2) is 48.4 Å². The molecule has 0 aliphatic carbocycles. The molecule has 9 heteroatoms. The van der Waals surface area contributed by atoms with Crippen LogP contribution in [0.25, 0.3) is 11.2 Å². The number of nitrogens with two attached hydrogens (primary N) is 1. The highest BCUT2D eigenvalue weighted by atomic mass is 16.1. The fourth-order valence-electron chi connectivity index (χ4n) is 3.23. The molecule has 1 fully saturated rings. The number of piperidine rings is 1. The summed E-state index contributed by atoms with van der Waals surface area (Å²) in [5.41, 5.74) is 7.08. The van der Waals surface area contributed by atoms with Gasteiger partial charge >= 0.3 is 0 Å². The Morgan fingerprint density at radius 1 is 1.38 bits per heavy atom. The molecule has 24 heavy (non-hydrogen) atoms.